The van der Waals surface area contributed by atoms with Crippen LogP contribution >= 0.6 is 0 Å². The average molecular weight is 359 g/mol. The first kappa shape index (κ1) is 18.5. The van der Waals surface area contributed by atoms with Gasteiger partial charge >= 0.3 is 0 Å². The third kappa shape index (κ3) is 2.90. The quantitative estimate of drug-likeness (QED) is 0.852. The van der Waals surface area contributed by atoms with Crippen LogP contribution < -0.4 is 14.2 Å². The lowest BCUT2D eigenvalue weighted by molar-refractivity contribution is -0.000811. The minimum absolute atomic E-state index is 0.170. The van der Waals surface area contributed by atoms with Crippen molar-refractivity contribution in [3.05, 3.63) is 53.1 Å². The number of hydrogen-bond acceptors (Lipinski definition) is 6. The molecule has 2 N–H and O–H groups in total. The summed E-state index contributed by atoms with van der Waals surface area (Å²) in [6, 6.07) is 10.8. The third-order valence-corrected chi connectivity index (χ3v) is 5.12. The second kappa shape index (κ2) is 7.53. The van der Waals surface area contributed by atoms with E-state index in [4.69, 9.17) is 14.2 Å². The van der Waals surface area contributed by atoms with E-state index in [1.165, 1.54) is 0 Å². The van der Waals surface area contributed by atoms with Crippen LogP contribution in [0.15, 0.2) is 36.4 Å². The molecule has 0 aliphatic carbocycles. The number of rotatable bonds is 5. The second-order valence-corrected chi connectivity index (χ2v) is 6.34. The molecule has 26 heavy (non-hydrogen) atoms. The number of nitrogens with zero attached hydrogens (tertiary/aromatic N) is 1. The van der Waals surface area contributed by atoms with Gasteiger partial charge in [0.15, 0.2) is 11.5 Å². The van der Waals surface area contributed by atoms with E-state index in [9.17, 15) is 10.2 Å². The Morgan fingerprint density at radius 2 is 1.46 bits per heavy atom. The highest BCUT2D eigenvalue weighted by Gasteiger charge is 2.40. The number of likely N-dealkylation sites (N-methyl/N-ethyl adjacent to an activating group) is 1. The average Bonchev–Trinajstić information content (AvgIpc) is 2.67. The van der Waals surface area contributed by atoms with Crippen molar-refractivity contribution in [1.29, 1.82) is 0 Å². The van der Waals surface area contributed by atoms with Gasteiger partial charge in [-0.25, -0.2) is 0 Å². The summed E-state index contributed by atoms with van der Waals surface area (Å²) in [6.45, 7) is -0.170. The number of aliphatic hydroxyl groups is 2. The molecule has 3 rings (SSSR count). The summed E-state index contributed by atoms with van der Waals surface area (Å²) in [6.07, 6.45) is -0.842. The normalized spacial score (nSPS) is 22.6. The van der Waals surface area contributed by atoms with E-state index < -0.39 is 12.1 Å². The maximum Gasteiger partial charge on any atom is 0.161 e. The Bertz CT molecular complexity index is 779. The second-order valence-electron chi connectivity index (χ2n) is 6.34. The maximum atomic E-state index is 10.8. The maximum absolute atomic E-state index is 10.8. The Kier molecular flexibility index (Phi) is 5.36. The highest BCUT2D eigenvalue weighted by atomic mass is 16.5. The Morgan fingerprint density at radius 1 is 0.885 bits per heavy atom. The Hall–Kier alpha value is -2.28. The molecule has 6 nitrogen and oxygen atoms in total. The molecule has 0 radical (unpaired) electrons. The largest absolute Gasteiger partial charge is 0.496 e. The van der Waals surface area contributed by atoms with Gasteiger partial charge in [-0.1, -0.05) is 18.2 Å². The van der Waals surface area contributed by atoms with Gasteiger partial charge < -0.3 is 24.4 Å². The fourth-order valence-corrected chi connectivity index (χ4v) is 3.75. The van der Waals surface area contributed by atoms with Gasteiger partial charge in [0.05, 0.1) is 46.1 Å². The highest BCUT2D eigenvalue weighted by molar-refractivity contribution is 5.54. The topological polar surface area (TPSA) is 71.4 Å². The van der Waals surface area contributed by atoms with E-state index in [-0.39, 0.29) is 12.6 Å². The predicted molar refractivity (Wildman–Crippen MR) is 98.0 cm³/mol. The van der Waals surface area contributed by atoms with Crippen molar-refractivity contribution >= 4 is 0 Å². The fourth-order valence-electron chi connectivity index (χ4n) is 3.75. The number of ether oxygens (including phenoxy) is 3. The summed E-state index contributed by atoms with van der Waals surface area (Å²) in [4.78, 5) is 1.97. The molecule has 0 fully saturated rings. The minimum atomic E-state index is -0.842. The molecule has 0 saturated heterocycles. The molecular formula is C20H25NO5. The van der Waals surface area contributed by atoms with Gasteiger partial charge in [0.1, 0.15) is 5.75 Å². The molecule has 0 unspecified atom stereocenters. The molecule has 6 heteroatoms. The third-order valence-electron chi connectivity index (χ3n) is 5.12. The Balaban J connectivity index is 2.26. The smallest absolute Gasteiger partial charge is 0.161 e. The number of benzene rings is 2. The molecule has 0 aromatic heterocycles. The summed E-state index contributed by atoms with van der Waals surface area (Å²) >= 11 is 0. The molecule has 0 saturated carbocycles. The van der Waals surface area contributed by atoms with Crippen molar-refractivity contribution in [2.24, 2.45) is 0 Å². The molecule has 0 amide bonds. The van der Waals surface area contributed by atoms with Gasteiger partial charge in [0.2, 0.25) is 0 Å². The molecule has 0 bridgehead atoms. The SMILES string of the molecule is COc1cc2c(cc1OC)[C@@H](O)[C@H](CO)N(C)[C@H]2c1ccccc1OC. The fraction of sp³-hybridized carbons (Fsp3) is 0.400. The van der Waals surface area contributed by atoms with Crippen LogP contribution in [0, 0.1) is 0 Å². The summed E-state index contributed by atoms with van der Waals surface area (Å²) < 4.78 is 16.4. The lowest BCUT2D eigenvalue weighted by atomic mass is 9.83. The molecule has 0 spiro atoms. The number of hydrogen-bond donors (Lipinski definition) is 2. The van der Waals surface area contributed by atoms with Gasteiger partial charge in [-0.05, 0) is 36.4 Å². The van der Waals surface area contributed by atoms with Crippen LogP contribution in [0.2, 0.25) is 0 Å². The Morgan fingerprint density at radius 3 is 2.04 bits per heavy atom. The standard InChI is InChI=1S/C20H25NO5/c1-21-15(11-22)20(23)14-10-18(26-4)17(25-3)9-13(14)19(21)12-7-5-6-8-16(12)24-2/h5-10,15,19-20,22-23H,11H2,1-4H3/t15-,19-,20+/m0/s1. The van der Waals surface area contributed by atoms with E-state index in [0.29, 0.717) is 11.5 Å². The van der Waals surface area contributed by atoms with Crippen molar-refractivity contribution in [3.63, 3.8) is 0 Å². The van der Waals surface area contributed by atoms with Gasteiger partial charge in [-0.3, -0.25) is 4.90 Å². The first-order valence-corrected chi connectivity index (χ1v) is 8.46. The predicted octanol–water partition coefficient (Wildman–Crippen LogP) is 2.14. The van der Waals surface area contributed by atoms with Crippen LogP contribution in [0.4, 0.5) is 0 Å². The van der Waals surface area contributed by atoms with Gasteiger partial charge in [-0.2, -0.15) is 0 Å². The van der Waals surface area contributed by atoms with Crippen molar-refractivity contribution in [1.82, 2.24) is 4.90 Å². The van der Waals surface area contributed by atoms with Crippen molar-refractivity contribution < 1.29 is 24.4 Å². The first-order valence-electron chi connectivity index (χ1n) is 8.46. The number of para-hydroxylation sites is 1. The zero-order valence-corrected chi connectivity index (χ0v) is 15.5. The number of methoxy groups -OCH3 is 3. The molecule has 1 aliphatic heterocycles. The summed E-state index contributed by atoms with van der Waals surface area (Å²) in [5, 5.41) is 20.7. The molecular weight excluding hydrogens is 334 g/mol. The molecule has 2 aromatic carbocycles. The Labute approximate surface area is 153 Å². The molecule has 1 heterocycles. The van der Waals surface area contributed by atoms with E-state index in [1.807, 2.05) is 42.3 Å². The van der Waals surface area contributed by atoms with Crippen LogP contribution in [-0.2, 0) is 0 Å². The molecule has 140 valence electrons. The summed E-state index contributed by atoms with van der Waals surface area (Å²) in [5.74, 6) is 1.89. The highest BCUT2D eigenvalue weighted by Crippen LogP contribution is 2.47. The lowest BCUT2D eigenvalue weighted by Crippen LogP contribution is -2.46. The van der Waals surface area contributed by atoms with Crippen LogP contribution in [0.1, 0.15) is 28.8 Å². The van der Waals surface area contributed by atoms with Crippen LogP contribution in [0.25, 0.3) is 0 Å². The van der Waals surface area contributed by atoms with Crippen LogP contribution in [-0.4, -0.2) is 56.1 Å². The number of aliphatic hydroxyl groups excluding tert-OH is 2. The van der Waals surface area contributed by atoms with Crippen LogP contribution in [0.3, 0.4) is 0 Å². The molecule has 1 aliphatic rings. The van der Waals surface area contributed by atoms with Crippen LogP contribution in [0.5, 0.6) is 17.2 Å². The zero-order valence-electron chi connectivity index (χ0n) is 15.5. The monoisotopic (exact) mass is 359 g/mol. The molecule has 2 aromatic rings. The first-order chi connectivity index (χ1) is 12.6. The van der Waals surface area contributed by atoms with Gasteiger partial charge in [0.25, 0.3) is 0 Å². The van der Waals surface area contributed by atoms with E-state index >= 15 is 0 Å². The number of fused-ring (bicyclic) bond motifs is 1. The van der Waals surface area contributed by atoms with Gasteiger partial charge in [-0.15, -0.1) is 0 Å². The lowest BCUT2D eigenvalue weighted by Gasteiger charge is -2.43. The summed E-state index contributed by atoms with van der Waals surface area (Å²) in [5.41, 5.74) is 2.57. The van der Waals surface area contributed by atoms with Gasteiger partial charge in [0, 0.05) is 5.56 Å². The van der Waals surface area contributed by atoms with E-state index in [0.717, 1.165) is 22.4 Å². The minimum Gasteiger partial charge on any atom is -0.496 e. The summed E-state index contributed by atoms with van der Waals surface area (Å²) in [7, 11) is 6.67. The van der Waals surface area contributed by atoms with Crippen molar-refractivity contribution in [2.75, 3.05) is 35.0 Å². The van der Waals surface area contributed by atoms with E-state index in [1.54, 1.807) is 27.4 Å². The molecule has 3 atom stereocenters. The van der Waals surface area contributed by atoms with E-state index in [2.05, 4.69) is 0 Å². The zero-order chi connectivity index (χ0) is 18.8. The van der Waals surface area contributed by atoms with Crippen molar-refractivity contribution in [2.45, 2.75) is 18.2 Å². The van der Waals surface area contributed by atoms with Crippen molar-refractivity contribution in [3.8, 4) is 17.2 Å².